The predicted molar refractivity (Wildman–Crippen MR) is 42.5 cm³/mol. The minimum atomic E-state index is -0.454. The van der Waals surface area contributed by atoms with E-state index in [-0.39, 0.29) is 6.73 Å². The van der Waals surface area contributed by atoms with Crippen LogP contribution in [-0.2, 0) is 9.53 Å². The van der Waals surface area contributed by atoms with E-state index in [0.29, 0.717) is 5.57 Å². The van der Waals surface area contributed by atoms with Gasteiger partial charge in [0, 0.05) is 5.57 Å². The molecule has 0 amide bonds. The molecule has 0 atom stereocenters. The lowest BCUT2D eigenvalue weighted by molar-refractivity contribution is -0.140. The molecule has 0 spiro atoms. The van der Waals surface area contributed by atoms with Gasteiger partial charge in [0.05, 0.1) is 0 Å². The fraction of sp³-hybridized carbons (Fsp3) is 0.400. The van der Waals surface area contributed by atoms with E-state index in [2.05, 4.69) is 33.3 Å². The number of carbonyl (C=O) groups excluding carboxylic acids is 1. The van der Waals surface area contributed by atoms with Gasteiger partial charge in [-0.05, 0) is 6.92 Å². The Labute approximate surface area is 70.2 Å². The summed E-state index contributed by atoms with van der Waals surface area (Å²) in [6.07, 6.45) is 0. The van der Waals surface area contributed by atoms with Crippen LogP contribution in [-0.4, -0.2) is 12.7 Å². The van der Waals surface area contributed by atoms with Gasteiger partial charge in [0.2, 0.25) is 0 Å². The first kappa shape index (κ1) is 11.0. The molecule has 0 saturated heterocycles. The number of rotatable bonds is 6. The highest BCUT2D eigenvalue weighted by molar-refractivity contribution is 5.86. The van der Waals surface area contributed by atoms with Gasteiger partial charge in [0.1, 0.15) is 0 Å². The molecule has 0 heterocycles. The monoisotopic (exact) mass is 175 g/mol. The van der Waals surface area contributed by atoms with Crippen molar-refractivity contribution in [3.63, 3.8) is 0 Å². The van der Waals surface area contributed by atoms with Crippen molar-refractivity contribution >= 4 is 5.97 Å². The summed E-state index contributed by atoms with van der Waals surface area (Å²) in [5.74, 6) is 4.38. The second kappa shape index (κ2) is 6.70. The SMILES string of the molecule is C=C(C)C(=O)OCNNNNN. The topological polar surface area (TPSA) is 100 Å². The molecule has 0 aromatic carbocycles. The van der Waals surface area contributed by atoms with Crippen LogP contribution in [0.5, 0.6) is 0 Å². The van der Waals surface area contributed by atoms with Gasteiger partial charge in [-0.15, -0.1) is 0 Å². The highest BCUT2D eigenvalue weighted by Gasteiger charge is 2.00. The van der Waals surface area contributed by atoms with E-state index in [9.17, 15) is 4.79 Å². The number of hydrogen-bond acceptors (Lipinski definition) is 7. The molecule has 70 valence electrons. The molecule has 0 unspecified atom stereocenters. The molecule has 0 fully saturated rings. The summed E-state index contributed by atoms with van der Waals surface area (Å²) in [7, 11) is 0. The molecule has 7 nitrogen and oxygen atoms in total. The molecule has 0 aliphatic carbocycles. The molecule has 0 saturated carbocycles. The summed E-state index contributed by atoms with van der Waals surface area (Å²) in [5, 5.41) is 0. The fourth-order valence-corrected chi connectivity index (χ4v) is 0.341. The van der Waals surface area contributed by atoms with Crippen molar-refractivity contribution in [1.82, 2.24) is 22.0 Å². The van der Waals surface area contributed by atoms with Crippen molar-refractivity contribution < 1.29 is 9.53 Å². The molecule has 0 aliphatic rings. The van der Waals surface area contributed by atoms with Crippen molar-refractivity contribution in [2.75, 3.05) is 6.73 Å². The average molecular weight is 175 g/mol. The molecule has 0 aliphatic heterocycles. The van der Waals surface area contributed by atoms with Gasteiger partial charge < -0.3 is 4.74 Å². The summed E-state index contributed by atoms with van der Waals surface area (Å²) in [4.78, 5) is 10.7. The second-order valence-corrected chi connectivity index (χ2v) is 1.93. The quantitative estimate of drug-likeness (QED) is 0.0798. The van der Waals surface area contributed by atoms with E-state index in [1.54, 1.807) is 6.92 Å². The number of carbonyl (C=O) groups is 1. The van der Waals surface area contributed by atoms with Gasteiger partial charge in [-0.25, -0.2) is 10.2 Å². The van der Waals surface area contributed by atoms with Crippen molar-refractivity contribution in [1.29, 1.82) is 0 Å². The van der Waals surface area contributed by atoms with Crippen molar-refractivity contribution in [2.24, 2.45) is 5.84 Å². The van der Waals surface area contributed by atoms with Gasteiger partial charge in [0.15, 0.2) is 6.73 Å². The van der Waals surface area contributed by atoms with Gasteiger partial charge in [0.25, 0.3) is 0 Å². The summed E-state index contributed by atoms with van der Waals surface area (Å²) >= 11 is 0. The number of hydrazine groups is 4. The first-order chi connectivity index (χ1) is 5.68. The number of ether oxygens (including phenoxy) is 1. The van der Waals surface area contributed by atoms with Gasteiger partial charge in [-0.2, -0.15) is 16.6 Å². The zero-order valence-electron chi connectivity index (χ0n) is 6.81. The van der Waals surface area contributed by atoms with Crippen LogP contribution in [0.3, 0.4) is 0 Å². The summed E-state index contributed by atoms with van der Waals surface area (Å²) in [6.45, 7) is 4.98. The normalized spacial score (nSPS) is 9.50. The molecular formula is C5H13N5O2. The van der Waals surface area contributed by atoms with Crippen LogP contribution < -0.4 is 27.9 Å². The maximum atomic E-state index is 10.7. The third-order valence-corrected chi connectivity index (χ3v) is 0.847. The minimum Gasteiger partial charge on any atom is -0.445 e. The van der Waals surface area contributed by atoms with Crippen LogP contribution in [0.4, 0.5) is 0 Å². The van der Waals surface area contributed by atoms with Gasteiger partial charge >= 0.3 is 5.97 Å². The molecule has 0 aromatic heterocycles. The van der Waals surface area contributed by atoms with E-state index in [4.69, 9.17) is 5.84 Å². The maximum absolute atomic E-state index is 10.7. The number of nitrogens with two attached hydrogens (primary N) is 1. The largest absolute Gasteiger partial charge is 0.445 e. The van der Waals surface area contributed by atoms with Crippen molar-refractivity contribution in [3.8, 4) is 0 Å². The third-order valence-electron chi connectivity index (χ3n) is 0.847. The highest BCUT2D eigenvalue weighted by atomic mass is 16.5. The molecule has 12 heavy (non-hydrogen) atoms. The Kier molecular flexibility index (Phi) is 6.15. The molecular weight excluding hydrogens is 162 g/mol. The zero-order valence-corrected chi connectivity index (χ0v) is 6.81. The number of nitrogens with one attached hydrogen (secondary N) is 4. The molecule has 0 bridgehead atoms. The number of esters is 1. The Bertz CT molecular complexity index is 160. The maximum Gasteiger partial charge on any atom is 0.334 e. The smallest absolute Gasteiger partial charge is 0.334 e. The van der Waals surface area contributed by atoms with E-state index >= 15 is 0 Å². The second-order valence-electron chi connectivity index (χ2n) is 1.93. The Morgan fingerprint density at radius 3 is 2.75 bits per heavy atom. The van der Waals surface area contributed by atoms with Crippen LogP contribution in [0, 0.1) is 0 Å². The van der Waals surface area contributed by atoms with Crippen LogP contribution in [0.1, 0.15) is 6.92 Å². The summed E-state index contributed by atoms with van der Waals surface area (Å²) in [6, 6.07) is 0. The van der Waals surface area contributed by atoms with E-state index in [1.807, 2.05) is 0 Å². The standard InChI is InChI=1S/C5H13N5O2/c1-4(2)5(11)12-3-7-9-10-8-6/h7-10H,1,3,6H2,2H3. The van der Waals surface area contributed by atoms with E-state index in [0.717, 1.165) is 0 Å². The predicted octanol–water partition coefficient (Wildman–Crippen LogP) is -1.96. The van der Waals surface area contributed by atoms with Crippen LogP contribution in [0.25, 0.3) is 0 Å². The fourth-order valence-electron chi connectivity index (χ4n) is 0.341. The number of hydrogen-bond donors (Lipinski definition) is 5. The first-order valence-electron chi connectivity index (χ1n) is 3.19. The highest BCUT2D eigenvalue weighted by Crippen LogP contribution is 1.89. The summed E-state index contributed by atoms with van der Waals surface area (Å²) < 4.78 is 4.63. The van der Waals surface area contributed by atoms with Crippen molar-refractivity contribution in [2.45, 2.75) is 6.92 Å². The van der Waals surface area contributed by atoms with Crippen LogP contribution in [0.15, 0.2) is 12.2 Å². The zero-order chi connectivity index (χ0) is 9.40. The van der Waals surface area contributed by atoms with Gasteiger partial charge in [-0.3, -0.25) is 5.84 Å². The molecule has 0 rings (SSSR count). The minimum absolute atomic E-state index is 0.0143. The lowest BCUT2D eigenvalue weighted by Crippen LogP contribution is -2.53. The Balaban J connectivity index is 3.20. The molecule has 0 aromatic rings. The van der Waals surface area contributed by atoms with Gasteiger partial charge in [-0.1, -0.05) is 6.58 Å². The Morgan fingerprint density at radius 1 is 1.58 bits per heavy atom. The summed E-state index contributed by atoms with van der Waals surface area (Å²) in [5.41, 5.74) is 9.62. The Morgan fingerprint density at radius 2 is 2.25 bits per heavy atom. The average Bonchev–Trinajstić information content (AvgIpc) is 2.03. The Hall–Kier alpha value is -0.990. The van der Waals surface area contributed by atoms with Crippen LogP contribution >= 0.6 is 0 Å². The van der Waals surface area contributed by atoms with E-state index < -0.39 is 5.97 Å². The first-order valence-corrected chi connectivity index (χ1v) is 3.19. The van der Waals surface area contributed by atoms with E-state index in [1.165, 1.54) is 0 Å². The molecule has 0 radical (unpaired) electrons. The lowest BCUT2D eigenvalue weighted by atomic mass is 10.4. The molecule has 6 N–H and O–H groups in total. The lowest BCUT2D eigenvalue weighted by Gasteiger charge is -2.07. The van der Waals surface area contributed by atoms with Crippen molar-refractivity contribution in [3.05, 3.63) is 12.2 Å². The van der Waals surface area contributed by atoms with Crippen LogP contribution in [0.2, 0.25) is 0 Å². The third kappa shape index (κ3) is 5.77. The molecule has 7 heteroatoms.